The highest BCUT2D eigenvalue weighted by atomic mass is 32.2. The van der Waals surface area contributed by atoms with Gasteiger partial charge < -0.3 is 10.4 Å². The summed E-state index contributed by atoms with van der Waals surface area (Å²) in [4.78, 5) is 1.67. The Hall–Kier alpha value is -1.78. The summed E-state index contributed by atoms with van der Waals surface area (Å²) in [7, 11) is 0. The molecule has 1 aliphatic heterocycles. The minimum absolute atomic E-state index is 0.285. The molecule has 2 nitrogen and oxygen atoms in total. The largest absolute Gasteiger partial charge is 0.507 e. The summed E-state index contributed by atoms with van der Waals surface area (Å²) in [5.74, 6) is 0.967. The molecule has 0 fully saturated rings. The van der Waals surface area contributed by atoms with Gasteiger partial charge in [0.1, 0.15) is 10.7 Å². The zero-order valence-corrected chi connectivity index (χ0v) is 12.3. The van der Waals surface area contributed by atoms with Crippen LogP contribution in [0.5, 0.6) is 0 Å². The van der Waals surface area contributed by atoms with Crippen molar-refractivity contribution in [2.75, 3.05) is 11.1 Å². The van der Waals surface area contributed by atoms with Crippen molar-refractivity contribution >= 4 is 40.4 Å². The molecule has 3 rings (SSSR count). The van der Waals surface area contributed by atoms with Crippen molar-refractivity contribution in [1.29, 1.82) is 0 Å². The van der Waals surface area contributed by atoms with E-state index in [0.717, 1.165) is 21.7 Å². The van der Waals surface area contributed by atoms with Gasteiger partial charge in [-0.15, -0.1) is 11.8 Å². The maximum absolute atomic E-state index is 10.4. The highest BCUT2D eigenvalue weighted by Crippen LogP contribution is 2.36. The summed E-state index contributed by atoms with van der Waals surface area (Å²) in [5, 5.41) is 13.6. The molecular formula is C16H13NOS2. The number of anilines is 1. The normalized spacial score (nSPS) is 13.8. The van der Waals surface area contributed by atoms with Crippen LogP contribution in [0.1, 0.15) is 5.56 Å². The first-order valence-corrected chi connectivity index (χ1v) is 7.66. The summed E-state index contributed by atoms with van der Waals surface area (Å²) >= 11 is 7.11. The molecule has 0 amide bonds. The molecule has 2 aromatic rings. The van der Waals surface area contributed by atoms with Crippen molar-refractivity contribution in [3.63, 3.8) is 0 Å². The molecule has 0 aliphatic carbocycles. The third-order valence-electron chi connectivity index (χ3n) is 3.11. The minimum Gasteiger partial charge on any atom is -0.507 e. The lowest BCUT2D eigenvalue weighted by atomic mass is 10.1. The SMILES string of the molecule is OC1=C(C(=S)Nc2ccccc2)CSc2ccccc21. The van der Waals surface area contributed by atoms with Gasteiger partial charge in [0.25, 0.3) is 0 Å². The second-order valence-electron chi connectivity index (χ2n) is 4.43. The van der Waals surface area contributed by atoms with Gasteiger partial charge in [0.05, 0.1) is 0 Å². The first-order chi connectivity index (χ1) is 9.75. The fraction of sp³-hybridized carbons (Fsp3) is 0.0625. The molecular weight excluding hydrogens is 286 g/mol. The van der Waals surface area contributed by atoms with Crippen LogP contribution < -0.4 is 5.32 Å². The number of aliphatic hydroxyl groups excluding tert-OH is 1. The number of thioether (sulfide) groups is 1. The number of para-hydroxylation sites is 1. The average Bonchev–Trinajstić information content (AvgIpc) is 2.49. The van der Waals surface area contributed by atoms with Gasteiger partial charge in [0, 0.05) is 27.5 Å². The monoisotopic (exact) mass is 299 g/mol. The molecule has 0 unspecified atom stereocenters. The molecule has 0 atom stereocenters. The Labute approximate surface area is 127 Å². The molecule has 20 heavy (non-hydrogen) atoms. The number of hydrogen-bond acceptors (Lipinski definition) is 3. The van der Waals surface area contributed by atoms with Crippen molar-refractivity contribution in [1.82, 2.24) is 0 Å². The van der Waals surface area contributed by atoms with Gasteiger partial charge in [-0.3, -0.25) is 0 Å². The molecule has 0 saturated carbocycles. The van der Waals surface area contributed by atoms with Crippen LogP contribution in [0, 0.1) is 0 Å². The predicted octanol–water partition coefficient (Wildman–Crippen LogP) is 4.50. The van der Waals surface area contributed by atoms with E-state index in [4.69, 9.17) is 12.2 Å². The van der Waals surface area contributed by atoms with E-state index in [1.165, 1.54) is 0 Å². The minimum atomic E-state index is 0.285. The molecule has 2 aromatic carbocycles. The first kappa shape index (κ1) is 13.2. The summed E-state index contributed by atoms with van der Waals surface area (Å²) in [6.45, 7) is 0. The van der Waals surface area contributed by atoms with Gasteiger partial charge in [0.15, 0.2) is 0 Å². The second kappa shape index (κ2) is 5.69. The Balaban J connectivity index is 1.89. The molecule has 100 valence electrons. The maximum Gasteiger partial charge on any atom is 0.130 e. The zero-order chi connectivity index (χ0) is 13.9. The lowest BCUT2D eigenvalue weighted by molar-refractivity contribution is 0.506. The van der Waals surface area contributed by atoms with E-state index in [-0.39, 0.29) is 5.76 Å². The van der Waals surface area contributed by atoms with Gasteiger partial charge in [0.2, 0.25) is 0 Å². The van der Waals surface area contributed by atoms with E-state index in [1.807, 2.05) is 54.6 Å². The van der Waals surface area contributed by atoms with Crippen molar-refractivity contribution in [3.05, 3.63) is 65.7 Å². The van der Waals surface area contributed by atoms with E-state index in [0.29, 0.717) is 10.7 Å². The average molecular weight is 299 g/mol. The highest BCUT2D eigenvalue weighted by Gasteiger charge is 2.21. The molecule has 1 aliphatic rings. The number of nitrogens with one attached hydrogen (secondary N) is 1. The molecule has 4 heteroatoms. The van der Waals surface area contributed by atoms with Gasteiger partial charge >= 0.3 is 0 Å². The Morgan fingerprint density at radius 1 is 1.05 bits per heavy atom. The quantitative estimate of drug-likeness (QED) is 0.800. The smallest absolute Gasteiger partial charge is 0.130 e. The number of fused-ring (bicyclic) bond motifs is 1. The Morgan fingerprint density at radius 2 is 1.75 bits per heavy atom. The number of aliphatic hydroxyl groups is 1. The molecule has 1 heterocycles. The fourth-order valence-electron chi connectivity index (χ4n) is 2.07. The zero-order valence-electron chi connectivity index (χ0n) is 10.7. The lowest BCUT2D eigenvalue weighted by Gasteiger charge is -2.20. The van der Waals surface area contributed by atoms with E-state index < -0.39 is 0 Å². The standard InChI is InChI=1S/C16H13NOS2/c18-15-12-8-4-5-9-14(12)20-10-13(15)16(19)17-11-6-2-1-3-7-11/h1-9,18H,10H2,(H,17,19). The molecule has 0 bridgehead atoms. The Bertz CT molecular complexity index is 680. The van der Waals surface area contributed by atoms with Crippen molar-refractivity contribution in [2.24, 2.45) is 0 Å². The van der Waals surface area contributed by atoms with Gasteiger partial charge in [-0.2, -0.15) is 0 Å². The third-order valence-corrected chi connectivity index (χ3v) is 4.55. The summed E-state index contributed by atoms with van der Waals surface area (Å²) < 4.78 is 0. The summed E-state index contributed by atoms with van der Waals surface area (Å²) in [6, 6.07) is 17.6. The molecule has 0 spiro atoms. The third kappa shape index (κ3) is 2.57. The van der Waals surface area contributed by atoms with Crippen LogP contribution in [0.4, 0.5) is 5.69 Å². The number of benzene rings is 2. The fourth-order valence-corrected chi connectivity index (χ4v) is 3.52. The Kier molecular flexibility index (Phi) is 3.76. The first-order valence-electron chi connectivity index (χ1n) is 6.26. The van der Waals surface area contributed by atoms with E-state index >= 15 is 0 Å². The summed E-state index contributed by atoms with van der Waals surface area (Å²) in [6.07, 6.45) is 0. The van der Waals surface area contributed by atoms with Gasteiger partial charge in [-0.05, 0) is 18.2 Å². The van der Waals surface area contributed by atoms with Gasteiger partial charge in [-0.25, -0.2) is 0 Å². The van der Waals surface area contributed by atoms with E-state index in [2.05, 4.69) is 5.32 Å². The topological polar surface area (TPSA) is 32.3 Å². The number of hydrogen-bond donors (Lipinski definition) is 2. The number of thiocarbonyl (C=S) groups is 1. The lowest BCUT2D eigenvalue weighted by Crippen LogP contribution is -2.17. The molecule has 0 aromatic heterocycles. The van der Waals surface area contributed by atoms with Crippen LogP contribution in [0.2, 0.25) is 0 Å². The van der Waals surface area contributed by atoms with Crippen molar-refractivity contribution in [2.45, 2.75) is 4.90 Å². The number of rotatable bonds is 2. The molecule has 0 radical (unpaired) electrons. The second-order valence-corrected chi connectivity index (χ2v) is 5.86. The van der Waals surface area contributed by atoms with E-state index in [9.17, 15) is 5.11 Å². The van der Waals surface area contributed by atoms with Crippen LogP contribution in [-0.4, -0.2) is 15.8 Å². The van der Waals surface area contributed by atoms with E-state index in [1.54, 1.807) is 11.8 Å². The highest BCUT2D eigenvalue weighted by molar-refractivity contribution is 7.99. The predicted molar refractivity (Wildman–Crippen MR) is 89.4 cm³/mol. The van der Waals surface area contributed by atoms with Crippen LogP contribution in [0.3, 0.4) is 0 Å². The van der Waals surface area contributed by atoms with Crippen LogP contribution >= 0.6 is 24.0 Å². The summed E-state index contributed by atoms with van der Waals surface area (Å²) in [5.41, 5.74) is 2.57. The van der Waals surface area contributed by atoms with Crippen LogP contribution in [-0.2, 0) is 0 Å². The molecule has 2 N–H and O–H groups in total. The van der Waals surface area contributed by atoms with Crippen molar-refractivity contribution < 1.29 is 5.11 Å². The molecule has 0 saturated heterocycles. The van der Waals surface area contributed by atoms with Crippen LogP contribution in [0.25, 0.3) is 5.76 Å². The Morgan fingerprint density at radius 3 is 2.55 bits per heavy atom. The van der Waals surface area contributed by atoms with Crippen LogP contribution in [0.15, 0.2) is 65.1 Å². The van der Waals surface area contributed by atoms with Crippen molar-refractivity contribution in [3.8, 4) is 0 Å². The van der Waals surface area contributed by atoms with Gasteiger partial charge in [-0.1, -0.05) is 48.6 Å². The maximum atomic E-state index is 10.4.